The van der Waals surface area contributed by atoms with Crippen LogP contribution in [-0.2, 0) is 15.0 Å². The maximum Gasteiger partial charge on any atom is 0.246 e. The van der Waals surface area contributed by atoms with Gasteiger partial charge in [0.05, 0.1) is 7.11 Å². The number of nitrogens with zero attached hydrogens (tertiary/aromatic N) is 1. The topological polar surface area (TPSA) is 29.5 Å². The fourth-order valence-corrected chi connectivity index (χ4v) is 2.49. The lowest BCUT2D eigenvalue weighted by atomic mass is 9.62. The summed E-state index contributed by atoms with van der Waals surface area (Å²) < 4.78 is 13.3. The minimum absolute atomic E-state index is 0.0681. The zero-order chi connectivity index (χ0) is 13.2. The quantitative estimate of drug-likeness (QED) is 0.770. The normalized spacial score (nSPS) is 17.1. The molecule has 0 N–H and O–H groups in total. The van der Waals surface area contributed by atoms with E-state index in [0.717, 1.165) is 24.8 Å². The Morgan fingerprint density at radius 1 is 1.50 bits per heavy atom. The fourth-order valence-electron chi connectivity index (χ4n) is 2.49. The predicted octanol–water partition coefficient (Wildman–Crippen LogP) is 2.66. The van der Waals surface area contributed by atoms with Crippen molar-refractivity contribution in [2.45, 2.75) is 31.1 Å². The van der Waals surface area contributed by atoms with Gasteiger partial charge >= 0.3 is 0 Å². The van der Waals surface area contributed by atoms with E-state index < -0.39 is 0 Å². The van der Waals surface area contributed by atoms with E-state index in [1.807, 2.05) is 6.07 Å². The molecule has 2 rings (SSSR count). The monoisotopic (exact) mass is 251 g/mol. The third kappa shape index (κ3) is 2.38. The molecule has 0 heterocycles. The number of hydroxylamine groups is 2. The van der Waals surface area contributed by atoms with Crippen LogP contribution in [0.1, 0.15) is 31.2 Å². The van der Waals surface area contributed by atoms with Gasteiger partial charge in [0.2, 0.25) is 5.91 Å². The summed E-state index contributed by atoms with van der Waals surface area (Å²) in [6, 6.07) is 6.58. The number of hydrogen-bond donors (Lipinski definition) is 0. The van der Waals surface area contributed by atoms with Crippen molar-refractivity contribution in [1.29, 1.82) is 0 Å². The molecule has 4 heteroatoms. The summed E-state index contributed by atoms with van der Waals surface area (Å²) in [4.78, 5) is 16.8. The molecule has 1 aromatic carbocycles. The first-order valence-corrected chi connectivity index (χ1v) is 6.14. The van der Waals surface area contributed by atoms with Crippen LogP contribution in [0, 0.1) is 5.82 Å². The van der Waals surface area contributed by atoms with Crippen molar-refractivity contribution < 1.29 is 14.0 Å². The lowest BCUT2D eigenvalue weighted by molar-refractivity contribution is -0.171. The van der Waals surface area contributed by atoms with Gasteiger partial charge in [-0.1, -0.05) is 18.6 Å². The molecule has 0 spiro atoms. The van der Waals surface area contributed by atoms with Crippen LogP contribution in [0.2, 0.25) is 0 Å². The maximum atomic E-state index is 13.3. The van der Waals surface area contributed by atoms with E-state index in [-0.39, 0.29) is 17.1 Å². The largest absolute Gasteiger partial charge is 0.275 e. The first kappa shape index (κ1) is 13.0. The van der Waals surface area contributed by atoms with Gasteiger partial charge in [-0.15, -0.1) is 0 Å². The van der Waals surface area contributed by atoms with Gasteiger partial charge in [-0.25, -0.2) is 9.45 Å². The van der Waals surface area contributed by atoms with Crippen LogP contribution < -0.4 is 0 Å². The third-order valence-corrected chi connectivity index (χ3v) is 3.86. The summed E-state index contributed by atoms with van der Waals surface area (Å²) in [6.45, 7) is 0. The van der Waals surface area contributed by atoms with E-state index in [2.05, 4.69) is 0 Å². The van der Waals surface area contributed by atoms with Crippen LogP contribution in [0.4, 0.5) is 4.39 Å². The van der Waals surface area contributed by atoms with Crippen LogP contribution in [-0.4, -0.2) is 25.1 Å². The van der Waals surface area contributed by atoms with Crippen molar-refractivity contribution >= 4 is 5.91 Å². The zero-order valence-electron chi connectivity index (χ0n) is 10.8. The van der Waals surface area contributed by atoms with Gasteiger partial charge in [0.15, 0.2) is 0 Å². The Morgan fingerprint density at radius 3 is 2.72 bits per heavy atom. The van der Waals surface area contributed by atoms with E-state index in [1.54, 1.807) is 19.2 Å². The Bertz CT molecular complexity index is 443. The maximum absolute atomic E-state index is 13.3. The molecular formula is C14H18FNO2. The molecule has 1 fully saturated rings. The Kier molecular flexibility index (Phi) is 3.66. The lowest BCUT2D eigenvalue weighted by Crippen LogP contribution is -2.40. The van der Waals surface area contributed by atoms with Crippen LogP contribution in [0.5, 0.6) is 0 Å². The van der Waals surface area contributed by atoms with Gasteiger partial charge in [-0.2, -0.15) is 0 Å². The molecule has 1 aromatic rings. The molecule has 1 amide bonds. The summed E-state index contributed by atoms with van der Waals surface area (Å²) in [5.74, 6) is -0.312. The number of benzene rings is 1. The molecule has 1 aliphatic carbocycles. The minimum Gasteiger partial charge on any atom is -0.275 e. The van der Waals surface area contributed by atoms with Crippen LogP contribution in [0.3, 0.4) is 0 Å². The number of amides is 1. The third-order valence-electron chi connectivity index (χ3n) is 3.86. The molecule has 0 radical (unpaired) electrons. The van der Waals surface area contributed by atoms with Crippen LogP contribution in [0.15, 0.2) is 24.3 Å². The van der Waals surface area contributed by atoms with Crippen molar-refractivity contribution in [2.75, 3.05) is 14.2 Å². The van der Waals surface area contributed by atoms with Gasteiger partial charge < -0.3 is 0 Å². The standard InChI is InChI=1S/C14H18FNO2/c1-16(18-2)13(17)10-14(7-4-8-14)11-5-3-6-12(15)9-11/h3,5-6,9H,4,7-8,10H2,1-2H3. The molecule has 98 valence electrons. The molecule has 1 saturated carbocycles. The SMILES string of the molecule is CON(C)C(=O)CC1(c2cccc(F)c2)CCC1. The molecule has 0 bridgehead atoms. The second-order valence-electron chi connectivity index (χ2n) is 4.89. The average Bonchev–Trinajstić information content (AvgIpc) is 2.32. The molecule has 0 aromatic heterocycles. The number of rotatable bonds is 4. The molecule has 3 nitrogen and oxygen atoms in total. The number of halogens is 1. The average molecular weight is 251 g/mol. The van der Waals surface area contributed by atoms with Crippen molar-refractivity contribution in [2.24, 2.45) is 0 Å². The van der Waals surface area contributed by atoms with Gasteiger partial charge in [0, 0.05) is 18.9 Å². The second-order valence-corrected chi connectivity index (χ2v) is 4.89. The number of hydrogen-bond acceptors (Lipinski definition) is 2. The smallest absolute Gasteiger partial charge is 0.246 e. The number of carbonyl (C=O) groups is 1. The van der Waals surface area contributed by atoms with Crippen molar-refractivity contribution in [3.8, 4) is 0 Å². The Morgan fingerprint density at radius 2 is 2.22 bits per heavy atom. The summed E-state index contributed by atoms with van der Waals surface area (Å²) in [7, 11) is 3.06. The fraction of sp³-hybridized carbons (Fsp3) is 0.500. The summed E-state index contributed by atoms with van der Waals surface area (Å²) in [5.41, 5.74) is 0.720. The highest BCUT2D eigenvalue weighted by molar-refractivity contribution is 5.76. The van der Waals surface area contributed by atoms with Gasteiger partial charge in [0.1, 0.15) is 5.82 Å². The summed E-state index contributed by atoms with van der Waals surface area (Å²) >= 11 is 0. The predicted molar refractivity (Wildman–Crippen MR) is 66.3 cm³/mol. The second kappa shape index (κ2) is 5.06. The molecular weight excluding hydrogens is 233 g/mol. The highest BCUT2D eigenvalue weighted by atomic mass is 19.1. The summed E-state index contributed by atoms with van der Waals surface area (Å²) in [6.07, 6.45) is 3.32. The van der Waals surface area contributed by atoms with Crippen LogP contribution in [0.25, 0.3) is 0 Å². The number of carbonyl (C=O) groups excluding carboxylic acids is 1. The van der Waals surface area contributed by atoms with E-state index in [4.69, 9.17) is 4.84 Å². The molecule has 0 saturated heterocycles. The van der Waals surface area contributed by atoms with Crippen molar-refractivity contribution in [1.82, 2.24) is 5.06 Å². The molecule has 1 aliphatic rings. The minimum atomic E-state index is -0.244. The Labute approximate surface area is 106 Å². The van der Waals surface area contributed by atoms with Crippen molar-refractivity contribution in [3.63, 3.8) is 0 Å². The van der Waals surface area contributed by atoms with E-state index >= 15 is 0 Å². The van der Waals surface area contributed by atoms with Gasteiger partial charge in [-0.3, -0.25) is 9.63 Å². The lowest BCUT2D eigenvalue weighted by Gasteiger charge is -2.42. The zero-order valence-corrected chi connectivity index (χ0v) is 10.8. The first-order chi connectivity index (χ1) is 8.57. The van der Waals surface area contributed by atoms with E-state index in [0.29, 0.717) is 6.42 Å². The molecule has 0 unspecified atom stereocenters. The van der Waals surface area contributed by atoms with E-state index in [1.165, 1.54) is 18.2 Å². The first-order valence-electron chi connectivity index (χ1n) is 6.14. The Hall–Kier alpha value is -1.42. The highest BCUT2D eigenvalue weighted by Crippen LogP contribution is 2.46. The summed E-state index contributed by atoms with van der Waals surface area (Å²) in [5, 5.41) is 1.24. The highest BCUT2D eigenvalue weighted by Gasteiger charge is 2.41. The van der Waals surface area contributed by atoms with Crippen LogP contribution >= 0.6 is 0 Å². The van der Waals surface area contributed by atoms with Crippen molar-refractivity contribution in [3.05, 3.63) is 35.6 Å². The van der Waals surface area contributed by atoms with E-state index in [9.17, 15) is 9.18 Å². The molecule has 0 aliphatic heterocycles. The molecule has 18 heavy (non-hydrogen) atoms. The van der Waals surface area contributed by atoms with Gasteiger partial charge in [-0.05, 0) is 30.5 Å². The Balaban J connectivity index is 2.19. The molecule has 0 atom stereocenters. The van der Waals surface area contributed by atoms with Gasteiger partial charge in [0.25, 0.3) is 0 Å².